The largest absolute Gasteiger partial charge is 0.491 e. The molecule has 1 aliphatic heterocycles. The predicted octanol–water partition coefficient (Wildman–Crippen LogP) is 7.27. The van der Waals surface area contributed by atoms with Gasteiger partial charge in [0.25, 0.3) is 0 Å². The fourth-order valence-electron chi connectivity index (χ4n) is 4.41. The molecule has 0 amide bonds. The lowest BCUT2D eigenvalue weighted by Gasteiger charge is -2.26. The Bertz CT molecular complexity index is 1340. The molecule has 2 unspecified atom stereocenters. The van der Waals surface area contributed by atoms with Crippen LogP contribution in [0.25, 0.3) is 11.3 Å². The number of nitrogens with one attached hydrogen (secondary N) is 1. The van der Waals surface area contributed by atoms with Gasteiger partial charge in [-0.1, -0.05) is 29.8 Å². The second kappa shape index (κ2) is 9.72. The minimum absolute atomic E-state index is 0.105. The first kappa shape index (κ1) is 23.4. The Hall–Kier alpha value is -3.35. The normalized spacial score (nSPS) is 17.6. The highest BCUT2D eigenvalue weighted by Gasteiger charge is 2.42. The summed E-state index contributed by atoms with van der Waals surface area (Å²) >= 11 is 12.2. The zero-order valence-electron chi connectivity index (χ0n) is 19.7. The molecule has 0 bridgehead atoms. The fourth-order valence-corrected chi connectivity index (χ4v) is 4.93. The molecule has 0 saturated carbocycles. The first-order chi connectivity index (χ1) is 16.9. The van der Waals surface area contributed by atoms with Gasteiger partial charge >= 0.3 is 0 Å². The van der Waals surface area contributed by atoms with Gasteiger partial charge in [-0.15, -0.1) is 0 Å². The lowest BCUT2D eigenvalue weighted by atomic mass is 10.0. The smallest absolute Gasteiger partial charge is 0.174 e. The maximum atomic E-state index is 6.47. The highest BCUT2D eigenvalue weighted by molar-refractivity contribution is 7.80. The highest BCUT2D eigenvalue weighted by atomic mass is 35.5. The van der Waals surface area contributed by atoms with E-state index in [0.29, 0.717) is 10.1 Å². The molecule has 5 rings (SSSR count). The number of nitrogens with zero attached hydrogens (tertiary/aromatic N) is 2. The van der Waals surface area contributed by atoms with Crippen molar-refractivity contribution in [1.29, 1.82) is 0 Å². The van der Waals surface area contributed by atoms with Crippen LogP contribution in [0.1, 0.15) is 42.9 Å². The third-order valence-electron chi connectivity index (χ3n) is 6.04. The minimum Gasteiger partial charge on any atom is -0.491 e. The van der Waals surface area contributed by atoms with Crippen LogP contribution in [-0.2, 0) is 0 Å². The van der Waals surface area contributed by atoms with Crippen molar-refractivity contribution in [2.75, 3.05) is 4.90 Å². The van der Waals surface area contributed by atoms with E-state index in [9.17, 15) is 0 Å². The summed E-state index contributed by atoms with van der Waals surface area (Å²) in [6.45, 7) is 6.02. The Balaban J connectivity index is 1.56. The molecule has 0 spiro atoms. The van der Waals surface area contributed by atoms with E-state index in [1.165, 1.54) is 0 Å². The minimum atomic E-state index is -0.234. The predicted molar refractivity (Wildman–Crippen MR) is 144 cm³/mol. The van der Waals surface area contributed by atoms with Crippen molar-refractivity contribution in [3.8, 4) is 17.1 Å². The van der Waals surface area contributed by atoms with Crippen molar-refractivity contribution < 1.29 is 9.15 Å². The van der Waals surface area contributed by atoms with Gasteiger partial charge in [-0.3, -0.25) is 4.98 Å². The van der Waals surface area contributed by atoms with Crippen LogP contribution in [0.4, 0.5) is 5.69 Å². The second-order valence-electron chi connectivity index (χ2n) is 8.77. The SMILES string of the molecule is Cc1c(Cl)cccc1-c1ccc(C2C(c3ccccn3)NC(=S)N2c2ccc(OC(C)C)cc2)o1. The van der Waals surface area contributed by atoms with Gasteiger partial charge in [-0.2, -0.15) is 0 Å². The van der Waals surface area contributed by atoms with Crippen LogP contribution in [0, 0.1) is 6.92 Å². The summed E-state index contributed by atoms with van der Waals surface area (Å²) in [6, 6.07) is 23.3. The Labute approximate surface area is 215 Å². The van der Waals surface area contributed by atoms with Crippen LogP contribution >= 0.6 is 23.8 Å². The third kappa shape index (κ3) is 4.64. The quantitative estimate of drug-likeness (QED) is 0.279. The topological polar surface area (TPSA) is 50.5 Å². The van der Waals surface area contributed by atoms with Crippen molar-refractivity contribution in [2.45, 2.75) is 39.0 Å². The van der Waals surface area contributed by atoms with Crippen LogP contribution in [0.2, 0.25) is 5.02 Å². The van der Waals surface area contributed by atoms with E-state index in [4.69, 9.17) is 33.0 Å². The molecular weight excluding hydrogens is 478 g/mol. The molecule has 0 aliphatic carbocycles. The number of halogens is 1. The Morgan fingerprint density at radius 1 is 1.03 bits per heavy atom. The number of thiocarbonyl (C=S) groups is 1. The summed E-state index contributed by atoms with van der Waals surface area (Å²) in [5, 5.41) is 4.79. The van der Waals surface area contributed by atoms with E-state index in [2.05, 4.69) is 15.2 Å². The molecular formula is C28H26ClN3O2S. The summed E-state index contributed by atoms with van der Waals surface area (Å²) in [5.74, 6) is 2.36. The molecule has 0 radical (unpaired) electrons. The van der Waals surface area contributed by atoms with Gasteiger partial charge in [0, 0.05) is 22.5 Å². The average molecular weight is 504 g/mol. The molecule has 1 saturated heterocycles. The second-order valence-corrected chi connectivity index (χ2v) is 9.57. The summed E-state index contributed by atoms with van der Waals surface area (Å²) in [5.41, 5.74) is 3.78. The van der Waals surface area contributed by atoms with Gasteiger partial charge in [0.05, 0.1) is 17.8 Å². The number of hydrogen-bond donors (Lipinski definition) is 1. The van der Waals surface area contributed by atoms with Gasteiger partial charge in [0.15, 0.2) is 5.11 Å². The van der Waals surface area contributed by atoms with Crippen molar-refractivity contribution >= 4 is 34.6 Å². The van der Waals surface area contributed by atoms with E-state index >= 15 is 0 Å². The molecule has 4 aromatic rings. The monoisotopic (exact) mass is 503 g/mol. The van der Waals surface area contributed by atoms with Crippen LogP contribution in [-0.4, -0.2) is 16.2 Å². The molecule has 178 valence electrons. The van der Waals surface area contributed by atoms with Crippen LogP contribution in [0.5, 0.6) is 5.75 Å². The zero-order valence-corrected chi connectivity index (χ0v) is 21.3. The standard InChI is InChI=1S/C28H26ClN3O2S/c1-17(2)33-20-12-10-19(11-13-20)32-27(26(31-28(32)35)23-9-4-5-16-30-23)25-15-14-24(34-25)21-7-6-8-22(29)18(21)3/h4-17,26-27H,1-3H3,(H,31,35). The Morgan fingerprint density at radius 2 is 1.83 bits per heavy atom. The van der Waals surface area contributed by atoms with Gasteiger partial charge < -0.3 is 19.4 Å². The molecule has 2 aromatic carbocycles. The molecule has 1 aliphatic rings. The molecule has 2 atom stereocenters. The van der Waals surface area contributed by atoms with E-state index in [-0.39, 0.29) is 18.2 Å². The average Bonchev–Trinajstić information content (AvgIpc) is 3.46. The zero-order chi connectivity index (χ0) is 24.5. The summed E-state index contributed by atoms with van der Waals surface area (Å²) in [6.07, 6.45) is 1.90. The van der Waals surface area contributed by atoms with Crippen LogP contribution in [0.15, 0.2) is 83.4 Å². The highest BCUT2D eigenvalue weighted by Crippen LogP contribution is 2.43. The summed E-state index contributed by atoms with van der Waals surface area (Å²) < 4.78 is 12.3. The molecule has 3 heterocycles. The summed E-state index contributed by atoms with van der Waals surface area (Å²) in [4.78, 5) is 6.69. The van der Waals surface area contributed by atoms with Crippen molar-refractivity contribution in [2.24, 2.45) is 0 Å². The number of ether oxygens (including phenoxy) is 1. The van der Waals surface area contributed by atoms with E-state index < -0.39 is 0 Å². The molecule has 1 N–H and O–H groups in total. The van der Waals surface area contributed by atoms with E-state index in [0.717, 1.165) is 39.8 Å². The Kier molecular flexibility index (Phi) is 6.50. The number of benzene rings is 2. The number of anilines is 1. The van der Waals surface area contributed by atoms with E-state index in [1.54, 1.807) is 6.20 Å². The first-order valence-electron chi connectivity index (χ1n) is 11.5. The van der Waals surface area contributed by atoms with Crippen molar-refractivity contribution in [3.63, 3.8) is 0 Å². The molecule has 7 heteroatoms. The third-order valence-corrected chi connectivity index (χ3v) is 6.76. The Morgan fingerprint density at radius 3 is 2.54 bits per heavy atom. The fraction of sp³-hybridized carbons (Fsp3) is 0.214. The molecule has 2 aromatic heterocycles. The van der Waals surface area contributed by atoms with Gasteiger partial charge in [0.2, 0.25) is 0 Å². The van der Waals surface area contributed by atoms with Gasteiger partial charge in [0.1, 0.15) is 23.3 Å². The van der Waals surface area contributed by atoms with E-state index in [1.807, 2.05) is 93.6 Å². The molecule has 35 heavy (non-hydrogen) atoms. The van der Waals surface area contributed by atoms with Gasteiger partial charge in [-0.05, 0) is 93.1 Å². The number of pyridine rings is 1. The number of rotatable bonds is 6. The van der Waals surface area contributed by atoms with Crippen molar-refractivity contribution in [1.82, 2.24) is 10.3 Å². The first-order valence-corrected chi connectivity index (χ1v) is 12.3. The summed E-state index contributed by atoms with van der Waals surface area (Å²) in [7, 11) is 0. The van der Waals surface area contributed by atoms with Crippen LogP contribution in [0.3, 0.4) is 0 Å². The molecule has 5 nitrogen and oxygen atoms in total. The molecule has 1 fully saturated rings. The number of aromatic nitrogens is 1. The lowest BCUT2D eigenvalue weighted by molar-refractivity contribution is 0.242. The lowest BCUT2D eigenvalue weighted by Crippen LogP contribution is -2.29. The maximum Gasteiger partial charge on any atom is 0.174 e. The van der Waals surface area contributed by atoms with Crippen molar-refractivity contribution in [3.05, 3.63) is 101 Å². The van der Waals surface area contributed by atoms with Crippen LogP contribution < -0.4 is 15.0 Å². The number of furan rings is 1. The maximum absolute atomic E-state index is 6.47. The van der Waals surface area contributed by atoms with Gasteiger partial charge in [-0.25, -0.2) is 0 Å². The number of hydrogen-bond acceptors (Lipinski definition) is 4.